The molecule has 1 aliphatic carbocycles. The minimum atomic E-state index is 0.405. The van der Waals surface area contributed by atoms with Crippen LogP contribution in [0, 0.1) is 18.8 Å². The summed E-state index contributed by atoms with van der Waals surface area (Å²) in [5, 5.41) is 0. The third kappa shape index (κ3) is 1.43. The van der Waals surface area contributed by atoms with Crippen molar-refractivity contribution in [1.82, 2.24) is 4.90 Å². The molecule has 4 fully saturated rings. The van der Waals surface area contributed by atoms with E-state index in [4.69, 9.17) is 0 Å². The number of rotatable bonds is 1. The first-order chi connectivity index (χ1) is 9.45. The third-order valence-corrected chi connectivity index (χ3v) is 7.02. The molecule has 1 heteroatoms. The quantitative estimate of drug-likeness (QED) is 0.740. The lowest BCUT2D eigenvalue weighted by Gasteiger charge is -2.69. The van der Waals surface area contributed by atoms with E-state index >= 15 is 0 Å². The Morgan fingerprint density at radius 3 is 2.65 bits per heavy atom. The van der Waals surface area contributed by atoms with Gasteiger partial charge in [0.15, 0.2) is 0 Å². The predicted octanol–water partition coefficient (Wildman–Crippen LogP) is 4.15. The van der Waals surface area contributed by atoms with Gasteiger partial charge in [-0.25, -0.2) is 0 Å². The topological polar surface area (TPSA) is 3.24 Å². The lowest BCUT2D eigenvalue weighted by atomic mass is 9.49. The fourth-order valence-corrected chi connectivity index (χ4v) is 5.91. The van der Waals surface area contributed by atoms with Gasteiger partial charge in [-0.2, -0.15) is 0 Å². The molecular weight excluding hydrogens is 242 g/mol. The maximum atomic E-state index is 2.84. The first-order valence-electron chi connectivity index (χ1n) is 8.28. The second-order valence-electron chi connectivity index (χ2n) is 8.16. The van der Waals surface area contributed by atoms with Crippen LogP contribution in [0.2, 0.25) is 0 Å². The van der Waals surface area contributed by atoms with Crippen molar-refractivity contribution in [2.24, 2.45) is 11.8 Å². The van der Waals surface area contributed by atoms with Crippen LogP contribution in [0.5, 0.6) is 0 Å². The molecule has 1 aromatic carbocycles. The van der Waals surface area contributed by atoms with Crippen LogP contribution in [0.15, 0.2) is 24.3 Å². The minimum Gasteiger partial charge on any atom is -0.294 e. The number of hydrogen-bond donors (Lipinski definition) is 0. The average molecular weight is 269 g/mol. The summed E-state index contributed by atoms with van der Waals surface area (Å²) in [5.74, 6) is 1.81. The first-order valence-corrected chi connectivity index (χ1v) is 8.28. The number of benzene rings is 1. The fourth-order valence-electron chi connectivity index (χ4n) is 5.91. The van der Waals surface area contributed by atoms with Gasteiger partial charge in [0.1, 0.15) is 0 Å². The van der Waals surface area contributed by atoms with Gasteiger partial charge >= 0.3 is 0 Å². The SMILES string of the molecule is Cc1ccccc1C12CC3CC(C1)C(C)(C)N(C3)[C@@H]2C. The minimum absolute atomic E-state index is 0.405. The molecule has 4 aliphatic rings. The van der Waals surface area contributed by atoms with Crippen LogP contribution in [0.1, 0.15) is 51.2 Å². The summed E-state index contributed by atoms with van der Waals surface area (Å²) in [6, 6.07) is 9.84. The molecule has 4 unspecified atom stereocenters. The molecule has 0 amide bonds. The van der Waals surface area contributed by atoms with E-state index in [9.17, 15) is 0 Å². The lowest BCUT2D eigenvalue weighted by Crippen LogP contribution is -2.73. The molecule has 5 rings (SSSR count). The maximum absolute atomic E-state index is 2.84. The normalized spacial score (nSPS) is 44.8. The Morgan fingerprint density at radius 2 is 1.90 bits per heavy atom. The zero-order chi connectivity index (χ0) is 14.1. The van der Waals surface area contributed by atoms with Gasteiger partial charge in [0.25, 0.3) is 0 Å². The molecule has 1 aromatic rings. The highest BCUT2D eigenvalue weighted by atomic mass is 15.3. The van der Waals surface area contributed by atoms with E-state index in [0.29, 0.717) is 17.0 Å². The van der Waals surface area contributed by atoms with E-state index in [1.807, 2.05) is 0 Å². The Labute approximate surface area is 123 Å². The van der Waals surface area contributed by atoms with Crippen molar-refractivity contribution in [3.8, 4) is 0 Å². The largest absolute Gasteiger partial charge is 0.294 e. The Morgan fingerprint density at radius 1 is 1.15 bits per heavy atom. The van der Waals surface area contributed by atoms with Crippen LogP contribution < -0.4 is 0 Å². The second-order valence-corrected chi connectivity index (χ2v) is 8.16. The van der Waals surface area contributed by atoms with E-state index in [-0.39, 0.29) is 0 Å². The van der Waals surface area contributed by atoms with Crippen LogP contribution in [-0.4, -0.2) is 23.0 Å². The Balaban J connectivity index is 1.86. The fraction of sp³-hybridized carbons (Fsp3) is 0.684. The van der Waals surface area contributed by atoms with Crippen LogP contribution in [0.4, 0.5) is 0 Å². The molecule has 3 aliphatic heterocycles. The summed E-state index contributed by atoms with van der Waals surface area (Å²) < 4.78 is 0. The first kappa shape index (κ1) is 12.9. The highest BCUT2D eigenvalue weighted by molar-refractivity contribution is 5.38. The standard InChI is InChI=1S/C19H27N/c1-13-7-5-6-8-17(13)19-10-15-9-16(11-19)18(3,4)20(12-15)14(19)2/h5-8,14-16H,9-12H2,1-4H3/t14-,15?,16?,19?/m1/s1. The van der Waals surface area contributed by atoms with E-state index in [1.165, 1.54) is 31.4 Å². The zero-order valence-electron chi connectivity index (χ0n) is 13.3. The summed E-state index contributed by atoms with van der Waals surface area (Å²) >= 11 is 0. The molecule has 3 heterocycles. The molecule has 108 valence electrons. The maximum Gasteiger partial charge on any atom is 0.0185 e. The molecule has 0 N–H and O–H groups in total. The number of nitrogens with zero attached hydrogens (tertiary/aromatic N) is 1. The van der Waals surface area contributed by atoms with E-state index in [0.717, 1.165) is 11.8 Å². The van der Waals surface area contributed by atoms with Gasteiger partial charge in [0, 0.05) is 23.5 Å². The molecule has 3 saturated heterocycles. The molecular formula is C19H27N. The molecule has 4 bridgehead atoms. The smallest absolute Gasteiger partial charge is 0.0185 e. The van der Waals surface area contributed by atoms with Crippen molar-refractivity contribution >= 4 is 0 Å². The van der Waals surface area contributed by atoms with Gasteiger partial charge < -0.3 is 0 Å². The number of aryl methyl sites for hydroxylation is 1. The van der Waals surface area contributed by atoms with E-state index in [2.05, 4.69) is 56.9 Å². The van der Waals surface area contributed by atoms with Gasteiger partial charge in [-0.15, -0.1) is 0 Å². The van der Waals surface area contributed by atoms with Gasteiger partial charge in [0.2, 0.25) is 0 Å². The molecule has 20 heavy (non-hydrogen) atoms. The molecule has 0 aromatic heterocycles. The van der Waals surface area contributed by atoms with E-state index < -0.39 is 0 Å². The second kappa shape index (κ2) is 3.88. The van der Waals surface area contributed by atoms with Crippen LogP contribution in [-0.2, 0) is 5.41 Å². The van der Waals surface area contributed by atoms with Crippen molar-refractivity contribution in [3.05, 3.63) is 35.4 Å². The zero-order valence-corrected chi connectivity index (χ0v) is 13.3. The summed E-state index contributed by atoms with van der Waals surface area (Å²) in [6.45, 7) is 11.1. The van der Waals surface area contributed by atoms with Gasteiger partial charge in [0.05, 0.1) is 0 Å². The monoisotopic (exact) mass is 269 g/mol. The van der Waals surface area contributed by atoms with Gasteiger partial charge in [-0.1, -0.05) is 24.3 Å². The van der Waals surface area contributed by atoms with Crippen LogP contribution >= 0.6 is 0 Å². The summed E-state index contributed by atoms with van der Waals surface area (Å²) in [5.41, 5.74) is 3.97. The van der Waals surface area contributed by atoms with Crippen molar-refractivity contribution < 1.29 is 0 Å². The Hall–Kier alpha value is -0.820. The Bertz CT molecular complexity index is 546. The molecule has 0 radical (unpaired) electrons. The van der Waals surface area contributed by atoms with Crippen molar-refractivity contribution in [1.29, 1.82) is 0 Å². The number of hydrogen-bond acceptors (Lipinski definition) is 1. The average Bonchev–Trinajstić information content (AvgIpc) is 2.41. The number of piperidine rings is 3. The summed E-state index contributed by atoms with van der Waals surface area (Å²) in [6.07, 6.45) is 4.28. The van der Waals surface area contributed by atoms with Gasteiger partial charge in [-0.3, -0.25) is 4.90 Å². The van der Waals surface area contributed by atoms with Crippen molar-refractivity contribution in [2.75, 3.05) is 6.54 Å². The highest BCUT2D eigenvalue weighted by Crippen LogP contribution is 2.60. The summed E-state index contributed by atoms with van der Waals surface area (Å²) in [7, 11) is 0. The highest BCUT2D eigenvalue weighted by Gasteiger charge is 2.61. The Kier molecular flexibility index (Phi) is 2.50. The third-order valence-electron chi connectivity index (χ3n) is 7.02. The van der Waals surface area contributed by atoms with E-state index in [1.54, 1.807) is 5.56 Å². The lowest BCUT2D eigenvalue weighted by molar-refractivity contribution is -0.157. The molecule has 1 saturated carbocycles. The van der Waals surface area contributed by atoms with Crippen molar-refractivity contribution in [2.45, 2.75) is 64.0 Å². The van der Waals surface area contributed by atoms with Crippen LogP contribution in [0.25, 0.3) is 0 Å². The van der Waals surface area contributed by atoms with Crippen molar-refractivity contribution in [3.63, 3.8) is 0 Å². The predicted molar refractivity (Wildman–Crippen MR) is 83.9 cm³/mol. The molecule has 1 nitrogen and oxygen atoms in total. The van der Waals surface area contributed by atoms with Gasteiger partial charge in [-0.05, 0) is 69.9 Å². The summed E-state index contributed by atoms with van der Waals surface area (Å²) in [4.78, 5) is 2.84. The van der Waals surface area contributed by atoms with Crippen LogP contribution in [0.3, 0.4) is 0 Å². The molecule has 0 spiro atoms. The molecule has 5 atom stereocenters.